The maximum absolute atomic E-state index is 11.9. The standard InChI is InChI=1S/C19H25N3O2/c1-13(2)14-7-9-15(10-8-14)19-21-18(24-22-19)12-11-17(23)20-16-5-3-4-6-16/h7-10,13,16H,3-6,11-12H2,1-2H3,(H,20,23). The van der Waals surface area contributed by atoms with E-state index in [1.165, 1.54) is 18.4 Å². The molecule has 1 saturated carbocycles. The minimum atomic E-state index is 0.0722. The molecule has 1 amide bonds. The summed E-state index contributed by atoms with van der Waals surface area (Å²) in [6.45, 7) is 4.33. The highest BCUT2D eigenvalue weighted by Gasteiger charge is 2.17. The van der Waals surface area contributed by atoms with E-state index >= 15 is 0 Å². The molecule has 0 unspecified atom stereocenters. The molecule has 1 fully saturated rings. The minimum absolute atomic E-state index is 0.0722. The van der Waals surface area contributed by atoms with Gasteiger partial charge in [-0.25, -0.2) is 0 Å². The van der Waals surface area contributed by atoms with Crippen LogP contribution in [-0.2, 0) is 11.2 Å². The van der Waals surface area contributed by atoms with Gasteiger partial charge in [-0.15, -0.1) is 0 Å². The van der Waals surface area contributed by atoms with E-state index < -0.39 is 0 Å². The third kappa shape index (κ3) is 4.22. The molecule has 5 heteroatoms. The molecule has 0 atom stereocenters. The highest BCUT2D eigenvalue weighted by atomic mass is 16.5. The van der Waals surface area contributed by atoms with E-state index in [0.717, 1.165) is 18.4 Å². The van der Waals surface area contributed by atoms with Gasteiger partial charge in [-0.2, -0.15) is 4.98 Å². The summed E-state index contributed by atoms with van der Waals surface area (Å²) >= 11 is 0. The molecule has 1 aliphatic rings. The van der Waals surface area contributed by atoms with Crippen molar-refractivity contribution in [3.05, 3.63) is 35.7 Å². The molecule has 0 radical (unpaired) electrons. The molecule has 0 spiro atoms. The fraction of sp³-hybridized carbons (Fsp3) is 0.526. The van der Waals surface area contributed by atoms with Gasteiger partial charge in [0.05, 0.1) is 0 Å². The first-order valence-electron chi connectivity index (χ1n) is 8.84. The molecule has 3 rings (SSSR count). The van der Waals surface area contributed by atoms with Crippen LogP contribution in [0, 0.1) is 0 Å². The smallest absolute Gasteiger partial charge is 0.227 e. The molecular weight excluding hydrogens is 302 g/mol. The van der Waals surface area contributed by atoms with Crippen LogP contribution in [0.5, 0.6) is 0 Å². The van der Waals surface area contributed by atoms with Crippen LogP contribution >= 0.6 is 0 Å². The molecular formula is C19H25N3O2. The quantitative estimate of drug-likeness (QED) is 0.875. The zero-order chi connectivity index (χ0) is 16.9. The zero-order valence-corrected chi connectivity index (χ0v) is 14.4. The lowest BCUT2D eigenvalue weighted by Crippen LogP contribution is -2.32. The molecule has 1 heterocycles. The maximum atomic E-state index is 11.9. The summed E-state index contributed by atoms with van der Waals surface area (Å²) in [7, 11) is 0. The van der Waals surface area contributed by atoms with Crippen LogP contribution in [0.1, 0.15) is 63.3 Å². The first-order valence-corrected chi connectivity index (χ1v) is 8.84. The van der Waals surface area contributed by atoms with Crippen LogP contribution in [0.4, 0.5) is 0 Å². The highest BCUT2D eigenvalue weighted by Crippen LogP contribution is 2.21. The van der Waals surface area contributed by atoms with E-state index in [-0.39, 0.29) is 5.91 Å². The Morgan fingerprint density at radius 3 is 2.62 bits per heavy atom. The second-order valence-electron chi connectivity index (χ2n) is 6.84. The topological polar surface area (TPSA) is 68.0 Å². The lowest BCUT2D eigenvalue weighted by atomic mass is 10.0. The van der Waals surface area contributed by atoms with E-state index in [2.05, 4.69) is 41.4 Å². The first-order chi connectivity index (χ1) is 11.6. The van der Waals surface area contributed by atoms with Gasteiger partial charge in [-0.3, -0.25) is 4.79 Å². The molecule has 0 bridgehead atoms. The monoisotopic (exact) mass is 327 g/mol. The van der Waals surface area contributed by atoms with Crippen molar-refractivity contribution in [2.24, 2.45) is 0 Å². The third-order valence-electron chi connectivity index (χ3n) is 4.59. The lowest BCUT2D eigenvalue weighted by molar-refractivity contribution is -0.121. The average Bonchev–Trinajstić information content (AvgIpc) is 3.24. The second kappa shape index (κ2) is 7.60. The normalized spacial score (nSPS) is 15.1. The summed E-state index contributed by atoms with van der Waals surface area (Å²) in [4.78, 5) is 16.4. The highest BCUT2D eigenvalue weighted by molar-refractivity contribution is 5.76. The number of carbonyl (C=O) groups excluding carboxylic acids is 1. The van der Waals surface area contributed by atoms with Crippen LogP contribution in [0.2, 0.25) is 0 Å². The summed E-state index contributed by atoms with van der Waals surface area (Å²) in [5.41, 5.74) is 2.22. The Kier molecular flexibility index (Phi) is 5.28. The van der Waals surface area contributed by atoms with Gasteiger partial charge in [-0.1, -0.05) is 56.1 Å². The number of carbonyl (C=O) groups is 1. The van der Waals surface area contributed by atoms with Crippen molar-refractivity contribution >= 4 is 5.91 Å². The van der Waals surface area contributed by atoms with Gasteiger partial charge in [-0.05, 0) is 24.3 Å². The third-order valence-corrected chi connectivity index (χ3v) is 4.59. The summed E-state index contributed by atoms with van der Waals surface area (Å²) < 4.78 is 5.28. The zero-order valence-electron chi connectivity index (χ0n) is 14.4. The fourth-order valence-corrected chi connectivity index (χ4v) is 3.08. The first kappa shape index (κ1) is 16.7. The second-order valence-corrected chi connectivity index (χ2v) is 6.84. The Bertz CT molecular complexity index is 670. The van der Waals surface area contributed by atoms with Crippen molar-refractivity contribution in [3.8, 4) is 11.4 Å². The van der Waals surface area contributed by atoms with Gasteiger partial charge in [0.25, 0.3) is 0 Å². The van der Waals surface area contributed by atoms with Crippen molar-refractivity contribution in [2.75, 3.05) is 0 Å². The molecule has 2 aromatic rings. The largest absolute Gasteiger partial charge is 0.353 e. The van der Waals surface area contributed by atoms with Crippen molar-refractivity contribution in [1.29, 1.82) is 0 Å². The van der Waals surface area contributed by atoms with E-state index in [4.69, 9.17) is 4.52 Å². The Morgan fingerprint density at radius 2 is 1.96 bits per heavy atom. The van der Waals surface area contributed by atoms with Gasteiger partial charge in [0, 0.05) is 24.4 Å². The van der Waals surface area contributed by atoms with Gasteiger partial charge in [0.15, 0.2) is 0 Å². The van der Waals surface area contributed by atoms with E-state index in [9.17, 15) is 4.79 Å². The molecule has 1 aromatic heterocycles. The summed E-state index contributed by atoms with van der Waals surface area (Å²) in [5.74, 6) is 1.66. The predicted octanol–water partition coefficient (Wildman–Crippen LogP) is 3.85. The van der Waals surface area contributed by atoms with Crippen molar-refractivity contribution in [2.45, 2.75) is 64.3 Å². The van der Waals surface area contributed by atoms with E-state index in [1.807, 2.05) is 12.1 Å². The van der Waals surface area contributed by atoms with Gasteiger partial charge < -0.3 is 9.84 Å². The molecule has 1 aromatic carbocycles. The molecule has 128 valence electrons. The Balaban J connectivity index is 1.54. The van der Waals surface area contributed by atoms with Crippen LogP contribution in [-0.4, -0.2) is 22.1 Å². The number of hydrogen-bond donors (Lipinski definition) is 1. The van der Waals surface area contributed by atoms with Crippen molar-refractivity contribution in [1.82, 2.24) is 15.5 Å². The Hall–Kier alpha value is -2.17. The Morgan fingerprint density at radius 1 is 1.25 bits per heavy atom. The summed E-state index contributed by atoms with van der Waals surface area (Å²) in [5, 5.41) is 7.10. The van der Waals surface area contributed by atoms with Crippen LogP contribution < -0.4 is 5.32 Å². The van der Waals surface area contributed by atoms with Crippen molar-refractivity contribution in [3.63, 3.8) is 0 Å². The molecule has 0 aliphatic heterocycles. The van der Waals surface area contributed by atoms with Crippen LogP contribution in [0.25, 0.3) is 11.4 Å². The molecule has 1 aliphatic carbocycles. The lowest BCUT2D eigenvalue weighted by Gasteiger charge is -2.10. The van der Waals surface area contributed by atoms with Crippen molar-refractivity contribution < 1.29 is 9.32 Å². The number of hydrogen-bond acceptors (Lipinski definition) is 4. The van der Waals surface area contributed by atoms with Crippen LogP contribution in [0.3, 0.4) is 0 Å². The maximum Gasteiger partial charge on any atom is 0.227 e. The van der Waals surface area contributed by atoms with Gasteiger partial charge >= 0.3 is 0 Å². The molecule has 0 saturated heterocycles. The number of nitrogens with zero attached hydrogens (tertiary/aromatic N) is 2. The van der Waals surface area contributed by atoms with Gasteiger partial charge in [0.2, 0.25) is 17.6 Å². The molecule has 24 heavy (non-hydrogen) atoms. The summed E-state index contributed by atoms with van der Waals surface area (Å²) in [6.07, 6.45) is 5.51. The van der Waals surface area contributed by atoms with E-state index in [1.54, 1.807) is 0 Å². The molecule has 1 N–H and O–H groups in total. The predicted molar refractivity (Wildman–Crippen MR) is 92.5 cm³/mol. The number of nitrogens with one attached hydrogen (secondary N) is 1. The van der Waals surface area contributed by atoms with E-state index in [0.29, 0.717) is 36.5 Å². The Labute approximate surface area is 142 Å². The molecule has 5 nitrogen and oxygen atoms in total. The SMILES string of the molecule is CC(C)c1ccc(-c2noc(CCC(=O)NC3CCCC3)n2)cc1. The van der Waals surface area contributed by atoms with Crippen LogP contribution in [0.15, 0.2) is 28.8 Å². The van der Waals surface area contributed by atoms with Gasteiger partial charge in [0.1, 0.15) is 0 Å². The number of rotatable bonds is 6. The minimum Gasteiger partial charge on any atom is -0.353 e. The number of aryl methyl sites for hydroxylation is 1. The average molecular weight is 327 g/mol. The number of aromatic nitrogens is 2. The summed E-state index contributed by atoms with van der Waals surface area (Å²) in [6, 6.07) is 8.55. The fourth-order valence-electron chi connectivity index (χ4n) is 3.08. The number of amides is 1. The number of benzene rings is 1.